The molecular weight excluding hydrogens is 562 g/mol. The number of methoxy groups -OCH3 is 1. The number of amides is 1. The lowest BCUT2D eigenvalue weighted by Crippen LogP contribution is -2.48. The number of nitrogen functional groups attached to an aromatic ring is 1. The van der Waals surface area contributed by atoms with Gasteiger partial charge in [0.1, 0.15) is 5.72 Å². The van der Waals surface area contributed by atoms with Gasteiger partial charge in [-0.25, -0.2) is 0 Å². The Labute approximate surface area is 265 Å². The summed E-state index contributed by atoms with van der Waals surface area (Å²) in [5.74, 6) is 0.398. The van der Waals surface area contributed by atoms with Crippen LogP contribution in [0.4, 0.5) is 5.69 Å². The molecule has 1 unspecified atom stereocenters. The van der Waals surface area contributed by atoms with Crippen molar-refractivity contribution in [2.75, 3.05) is 12.8 Å². The second-order valence-corrected chi connectivity index (χ2v) is 13.0. The van der Waals surface area contributed by atoms with Gasteiger partial charge in [0, 0.05) is 30.4 Å². The second-order valence-electron chi connectivity index (χ2n) is 13.0. The van der Waals surface area contributed by atoms with Crippen LogP contribution in [0.1, 0.15) is 85.2 Å². The zero-order valence-corrected chi connectivity index (χ0v) is 26.2. The fourth-order valence-electron chi connectivity index (χ4n) is 7.81. The van der Waals surface area contributed by atoms with Crippen molar-refractivity contribution in [2.24, 2.45) is 0 Å². The topological polar surface area (TPSA) is 86.9 Å². The zero-order valence-electron chi connectivity index (χ0n) is 26.2. The number of rotatable bonds is 8. The van der Waals surface area contributed by atoms with Crippen LogP contribution in [0, 0.1) is 0 Å². The van der Waals surface area contributed by atoms with Gasteiger partial charge in [0.05, 0.1) is 31.3 Å². The first-order valence-electron chi connectivity index (χ1n) is 16.0. The van der Waals surface area contributed by atoms with Crippen molar-refractivity contribution in [2.45, 2.75) is 81.8 Å². The summed E-state index contributed by atoms with van der Waals surface area (Å²) < 4.78 is 18.9. The number of fused-ring (bicyclic) bond motifs is 3. The molecular formula is C38H41N3O4. The minimum atomic E-state index is -0.803. The molecule has 3 aromatic carbocycles. The van der Waals surface area contributed by atoms with E-state index in [2.05, 4.69) is 41.4 Å². The molecule has 4 atom stereocenters. The second kappa shape index (κ2) is 11.9. The van der Waals surface area contributed by atoms with Gasteiger partial charge in [-0.3, -0.25) is 9.78 Å². The third-order valence-electron chi connectivity index (χ3n) is 9.76. The number of carbonyl (C=O) groups is 1. The quantitative estimate of drug-likeness (QED) is 0.215. The Morgan fingerprint density at radius 1 is 0.933 bits per heavy atom. The fourth-order valence-corrected chi connectivity index (χ4v) is 7.81. The Hall–Kier alpha value is -4.36. The van der Waals surface area contributed by atoms with E-state index in [9.17, 15) is 0 Å². The van der Waals surface area contributed by atoms with E-state index in [0.717, 1.165) is 54.4 Å². The summed E-state index contributed by atoms with van der Waals surface area (Å²) in [4.78, 5) is 21.7. The molecule has 2 N–H and O–H groups in total. The van der Waals surface area contributed by atoms with E-state index in [4.69, 9.17) is 19.9 Å². The lowest BCUT2D eigenvalue weighted by atomic mass is 9.76. The molecule has 1 aliphatic heterocycles. The van der Waals surface area contributed by atoms with Crippen molar-refractivity contribution in [3.05, 3.63) is 119 Å². The van der Waals surface area contributed by atoms with Crippen LogP contribution in [0.3, 0.4) is 0 Å². The highest BCUT2D eigenvalue weighted by Crippen LogP contribution is 2.52. The molecule has 4 aromatic rings. The smallest absolute Gasteiger partial charge is 0.233 e. The molecule has 1 saturated carbocycles. The van der Waals surface area contributed by atoms with Crippen LogP contribution in [0.25, 0.3) is 0 Å². The molecule has 45 heavy (non-hydrogen) atoms. The molecule has 0 spiro atoms. The largest absolute Gasteiger partial charge is 0.493 e. The van der Waals surface area contributed by atoms with E-state index < -0.39 is 11.6 Å². The molecule has 2 heterocycles. The summed E-state index contributed by atoms with van der Waals surface area (Å²) in [5.41, 5.74) is 11.4. The number of ether oxygens (including phenoxy) is 3. The first-order chi connectivity index (χ1) is 21.8. The van der Waals surface area contributed by atoms with Crippen molar-refractivity contribution in [3.63, 3.8) is 0 Å². The monoisotopic (exact) mass is 603 g/mol. The number of aromatic nitrogens is 1. The van der Waals surface area contributed by atoms with Crippen LogP contribution in [0.15, 0.2) is 91.3 Å². The number of hydrogen-bond donors (Lipinski definition) is 1. The Bertz CT molecular complexity index is 1680. The third-order valence-corrected chi connectivity index (χ3v) is 9.76. The Balaban J connectivity index is 1.39. The molecule has 1 saturated heterocycles. The van der Waals surface area contributed by atoms with Crippen LogP contribution in [0.2, 0.25) is 0 Å². The highest BCUT2D eigenvalue weighted by molar-refractivity contribution is 5.87. The van der Waals surface area contributed by atoms with Crippen LogP contribution < -0.4 is 15.2 Å². The fraction of sp³-hybridized carbons (Fsp3) is 0.368. The van der Waals surface area contributed by atoms with Gasteiger partial charge in [0.15, 0.2) is 11.5 Å². The van der Waals surface area contributed by atoms with Crippen molar-refractivity contribution in [3.8, 4) is 11.5 Å². The lowest BCUT2D eigenvalue weighted by Gasteiger charge is -2.39. The summed E-state index contributed by atoms with van der Waals surface area (Å²) in [5, 5.41) is 0. The molecule has 7 nitrogen and oxygen atoms in total. The molecule has 2 aliphatic carbocycles. The van der Waals surface area contributed by atoms with Gasteiger partial charge in [-0.1, -0.05) is 42.5 Å². The Morgan fingerprint density at radius 2 is 1.69 bits per heavy atom. The van der Waals surface area contributed by atoms with Crippen molar-refractivity contribution in [1.29, 1.82) is 0 Å². The standard InChI is InChI=1S/C38H41N3O4/c1-38(2)41(36-30-14-7-4-9-25(30)22-33(36)45-38)37(42)35(24-17-19-40-20-18-24)34(26-10-8-11-28(39)21-26)27-15-16-31(43-3)32(23-27)44-29-12-5-6-13-29/h4,7-11,14-21,23,29,33-36H,5-6,12-13,22,39H2,1-3H3/t33-,34-,35?,36+/m1/s1. The maximum absolute atomic E-state index is 15.4. The molecule has 2 fully saturated rings. The van der Waals surface area contributed by atoms with E-state index in [1.54, 1.807) is 19.5 Å². The van der Waals surface area contributed by atoms with Gasteiger partial charge in [0.2, 0.25) is 5.91 Å². The summed E-state index contributed by atoms with van der Waals surface area (Å²) in [6.45, 7) is 4.01. The van der Waals surface area contributed by atoms with Crippen molar-refractivity contribution in [1.82, 2.24) is 9.88 Å². The third kappa shape index (κ3) is 5.44. The lowest BCUT2D eigenvalue weighted by molar-refractivity contribution is -0.149. The molecule has 7 rings (SSSR count). The Kier molecular flexibility index (Phi) is 7.74. The SMILES string of the molecule is COc1ccc([C@@H](c2cccc(N)c2)C(C(=O)N2[C@H]3c4ccccc4C[C@H]3OC2(C)C)c2ccncc2)cc1OC1CCCC1. The van der Waals surface area contributed by atoms with Gasteiger partial charge in [-0.15, -0.1) is 0 Å². The van der Waals surface area contributed by atoms with Crippen LogP contribution in [-0.2, 0) is 16.0 Å². The average molecular weight is 604 g/mol. The average Bonchev–Trinajstić information content (AvgIpc) is 3.74. The van der Waals surface area contributed by atoms with E-state index in [-0.39, 0.29) is 30.1 Å². The minimum Gasteiger partial charge on any atom is -0.493 e. The first kappa shape index (κ1) is 29.4. The summed E-state index contributed by atoms with van der Waals surface area (Å²) in [6, 6.07) is 26.1. The highest BCUT2D eigenvalue weighted by atomic mass is 16.5. The summed E-state index contributed by atoms with van der Waals surface area (Å²) in [6.07, 6.45) is 8.73. The predicted molar refractivity (Wildman–Crippen MR) is 174 cm³/mol. The van der Waals surface area contributed by atoms with Crippen LogP contribution in [0.5, 0.6) is 11.5 Å². The molecule has 1 aromatic heterocycles. The van der Waals surface area contributed by atoms with Crippen LogP contribution in [-0.4, -0.2) is 40.8 Å². The molecule has 3 aliphatic rings. The molecule has 7 heteroatoms. The van der Waals surface area contributed by atoms with Gasteiger partial charge >= 0.3 is 0 Å². The van der Waals surface area contributed by atoms with E-state index >= 15 is 4.79 Å². The molecule has 232 valence electrons. The maximum Gasteiger partial charge on any atom is 0.233 e. The van der Waals surface area contributed by atoms with E-state index in [1.807, 2.05) is 61.2 Å². The Morgan fingerprint density at radius 3 is 2.44 bits per heavy atom. The van der Waals surface area contributed by atoms with Gasteiger partial charge in [-0.05, 0) is 104 Å². The predicted octanol–water partition coefficient (Wildman–Crippen LogP) is 7.17. The van der Waals surface area contributed by atoms with Gasteiger partial charge < -0.3 is 24.8 Å². The van der Waals surface area contributed by atoms with Gasteiger partial charge in [0.25, 0.3) is 0 Å². The maximum atomic E-state index is 15.4. The normalized spacial score (nSPS) is 21.6. The zero-order chi connectivity index (χ0) is 31.1. The number of pyridine rings is 1. The van der Waals surface area contributed by atoms with E-state index in [0.29, 0.717) is 17.2 Å². The van der Waals surface area contributed by atoms with Crippen LogP contribution >= 0.6 is 0 Å². The molecule has 0 bridgehead atoms. The number of anilines is 1. The summed E-state index contributed by atoms with van der Waals surface area (Å²) >= 11 is 0. The molecule has 1 amide bonds. The minimum absolute atomic E-state index is 0.00286. The number of nitrogens with two attached hydrogens (primary N) is 1. The number of hydrogen-bond acceptors (Lipinski definition) is 6. The number of nitrogens with zero attached hydrogens (tertiary/aromatic N) is 2. The summed E-state index contributed by atoms with van der Waals surface area (Å²) in [7, 11) is 1.67. The van der Waals surface area contributed by atoms with E-state index in [1.165, 1.54) is 5.56 Å². The first-order valence-corrected chi connectivity index (χ1v) is 16.0. The van der Waals surface area contributed by atoms with Crippen molar-refractivity contribution >= 4 is 11.6 Å². The number of benzene rings is 3. The molecule has 0 radical (unpaired) electrons. The highest BCUT2D eigenvalue weighted by Gasteiger charge is 2.55. The van der Waals surface area contributed by atoms with Crippen molar-refractivity contribution < 1.29 is 19.0 Å². The van der Waals surface area contributed by atoms with Gasteiger partial charge in [-0.2, -0.15) is 0 Å². The number of carbonyl (C=O) groups excluding carboxylic acids is 1.